The molecule has 2 heterocycles. The molecular weight excluding hydrogens is 346 g/mol. The van der Waals surface area contributed by atoms with Crippen LogP contribution in [0.5, 0.6) is 0 Å². The van der Waals surface area contributed by atoms with Gasteiger partial charge < -0.3 is 10.6 Å². The van der Waals surface area contributed by atoms with Gasteiger partial charge >= 0.3 is 0 Å². The second-order valence-corrected chi connectivity index (χ2v) is 8.69. The highest BCUT2D eigenvalue weighted by atomic mass is 15.2. The van der Waals surface area contributed by atoms with E-state index in [2.05, 4.69) is 69.6 Å². The number of aliphatic imine (C=N–C) groups is 1. The van der Waals surface area contributed by atoms with Crippen molar-refractivity contribution in [1.29, 1.82) is 0 Å². The molecule has 1 aromatic carbocycles. The molecule has 0 aliphatic carbocycles. The smallest absolute Gasteiger partial charge is 0.191 e. The summed E-state index contributed by atoms with van der Waals surface area (Å²) in [5.74, 6) is 1.62. The summed E-state index contributed by atoms with van der Waals surface area (Å²) in [4.78, 5) is 9.70. The second kappa shape index (κ2) is 10.8. The Balaban J connectivity index is 1.41. The number of nitrogens with zero attached hydrogens (tertiary/aromatic N) is 3. The number of benzene rings is 1. The molecule has 2 aliphatic rings. The monoisotopic (exact) mass is 385 g/mol. The minimum absolute atomic E-state index is 0.516. The van der Waals surface area contributed by atoms with Crippen LogP contribution in [0.3, 0.4) is 0 Å². The number of rotatable bonds is 7. The molecular formula is C23H39N5. The van der Waals surface area contributed by atoms with Gasteiger partial charge in [-0.2, -0.15) is 0 Å². The lowest BCUT2D eigenvalue weighted by atomic mass is 10.0. The maximum absolute atomic E-state index is 4.49. The predicted octanol–water partition coefficient (Wildman–Crippen LogP) is 2.94. The zero-order valence-corrected chi connectivity index (χ0v) is 18.0. The Morgan fingerprint density at radius 3 is 2.36 bits per heavy atom. The van der Waals surface area contributed by atoms with E-state index in [9.17, 15) is 0 Å². The fraction of sp³-hybridized carbons (Fsp3) is 0.696. The Kier molecular flexibility index (Phi) is 8.16. The number of hydrogen-bond acceptors (Lipinski definition) is 3. The first kappa shape index (κ1) is 21.1. The van der Waals surface area contributed by atoms with E-state index in [4.69, 9.17) is 0 Å². The molecule has 3 rings (SSSR count). The van der Waals surface area contributed by atoms with E-state index in [1.807, 2.05) is 7.05 Å². The number of nitrogens with one attached hydrogen (secondary N) is 2. The highest BCUT2D eigenvalue weighted by molar-refractivity contribution is 5.80. The van der Waals surface area contributed by atoms with Gasteiger partial charge in [-0.05, 0) is 50.3 Å². The lowest BCUT2D eigenvalue weighted by Crippen LogP contribution is -2.52. The van der Waals surface area contributed by atoms with E-state index in [0.29, 0.717) is 18.0 Å². The molecule has 1 unspecified atom stereocenters. The van der Waals surface area contributed by atoms with Crippen LogP contribution in [0.2, 0.25) is 0 Å². The third kappa shape index (κ3) is 6.21. The van der Waals surface area contributed by atoms with Crippen LogP contribution < -0.4 is 10.6 Å². The van der Waals surface area contributed by atoms with Crippen LogP contribution in [0.4, 0.5) is 0 Å². The third-order valence-electron chi connectivity index (χ3n) is 6.26. The number of hydrogen-bond donors (Lipinski definition) is 2. The number of likely N-dealkylation sites (tertiary alicyclic amines) is 2. The van der Waals surface area contributed by atoms with Gasteiger partial charge in [0.05, 0.1) is 0 Å². The summed E-state index contributed by atoms with van der Waals surface area (Å²) in [6.45, 7) is 11.5. The summed E-state index contributed by atoms with van der Waals surface area (Å²) < 4.78 is 0. The van der Waals surface area contributed by atoms with Crippen LogP contribution >= 0.6 is 0 Å². The Hall–Kier alpha value is -1.59. The highest BCUT2D eigenvalue weighted by Gasteiger charge is 2.25. The van der Waals surface area contributed by atoms with E-state index in [1.54, 1.807) is 0 Å². The zero-order chi connectivity index (χ0) is 19.8. The molecule has 28 heavy (non-hydrogen) atoms. The molecule has 156 valence electrons. The summed E-state index contributed by atoms with van der Waals surface area (Å²) >= 11 is 0. The first-order valence-electron chi connectivity index (χ1n) is 11.1. The number of piperidine rings is 1. The Morgan fingerprint density at radius 2 is 1.75 bits per heavy atom. The largest absolute Gasteiger partial charge is 0.355 e. The Labute approximate surface area is 171 Å². The average Bonchev–Trinajstić information content (AvgIpc) is 3.23. The van der Waals surface area contributed by atoms with Gasteiger partial charge in [0.25, 0.3) is 0 Å². The summed E-state index contributed by atoms with van der Waals surface area (Å²) in [5.41, 5.74) is 1.41. The van der Waals surface area contributed by atoms with Crippen LogP contribution in [-0.4, -0.2) is 67.6 Å². The lowest BCUT2D eigenvalue weighted by molar-refractivity contribution is 0.189. The van der Waals surface area contributed by atoms with Crippen LogP contribution in [0.1, 0.15) is 45.1 Å². The van der Waals surface area contributed by atoms with Crippen molar-refractivity contribution in [1.82, 2.24) is 20.4 Å². The average molecular weight is 386 g/mol. The van der Waals surface area contributed by atoms with E-state index >= 15 is 0 Å². The van der Waals surface area contributed by atoms with E-state index in [0.717, 1.165) is 32.1 Å². The molecule has 0 spiro atoms. The van der Waals surface area contributed by atoms with Crippen LogP contribution in [0, 0.1) is 5.92 Å². The maximum Gasteiger partial charge on any atom is 0.191 e. The molecule has 2 aliphatic heterocycles. The summed E-state index contributed by atoms with van der Waals surface area (Å²) in [6.07, 6.45) is 5.04. The van der Waals surface area contributed by atoms with Crippen molar-refractivity contribution >= 4 is 5.96 Å². The van der Waals surface area contributed by atoms with Crippen molar-refractivity contribution in [2.45, 2.75) is 58.2 Å². The predicted molar refractivity (Wildman–Crippen MR) is 119 cm³/mol. The van der Waals surface area contributed by atoms with Crippen molar-refractivity contribution in [3.05, 3.63) is 35.9 Å². The normalized spacial score (nSPS) is 21.2. The van der Waals surface area contributed by atoms with Gasteiger partial charge in [-0.25, -0.2) is 0 Å². The molecule has 0 amide bonds. The van der Waals surface area contributed by atoms with Gasteiger partial charge in [0.1, 0.15) is 0 Å². The van der Waals surface area contributed by atoms with Crippen LogP contribution in [-0.2, 0) is 6.54 Å². The first-order valence-corrected chi connectivity index (χ1v) is 11.1. The minimum Gasteiger partial charge on any atom is -0.355 e. The molecule has 0 radical (unpaired) electrons. The second-order valence-electron chi connectivity index (χ2n) is 8.69. The molecule has 5 nitrogen and oxygen atoms in total. The Bertz CT molecular complexity index is 586. The SMILES string of the molecule is CN=C(NCC(C(C)C)N1CCCC1)NC1CCN(Cc2ccccc2)CC1. The quantitative estimate of drug-likeness (QED) is 0.559. The lowest BCUT2D eigenvalue weighted by Gasteiger charge is -2.34. The van der Waals surface area contributed by atoms with Crippen molar-refractivity contribution in [3.63, 3.8) is 0 Å². The molecule has 2 saturated heterocycles. The third-order valence-corrected chi connectivity index (χ3v) is 6.26. The molecule has 5 heteroatoms. The summed E-state index contributed by atoms with van der Waals surface area (Å²) in [7, 11) is 1.89. The fourth-order valence-electron chi connectivity index (χ4n) is 4.53. The van der Waals surface area contributed by atoms with Gasteiger partial charge in [-0.3, -0.25) is 14.8 Å². The number of guanidine groups is 1. The molecule has 0 bridgehead atoms. The Morgan fingerprint density at radius 1 is 1.07 bits per heavy atom. The van der Waals surface area contributed by atoms with Crippen molar-refractivity contribution < 1.29 is 0 Å². The minimum atomic E-state index is 0.516. The van der Waals surface area contributed by atoms with E-state index in [1.165, 1.54) is 44.3 Å². The maximum atomic E-state index is 4.49. The summed E-state index contributed by atoms with van der Waals surface area (Å²) in [5, 5.41) is 7.28. The van der Waals surface area contributed by atoms with E-state index in [-0.39, 0.29) is 0 Å². The fourth-order valence-corrected chi connectivity index (χ4v) is 4.53. The molecule has 0 aromatic heterocycles. The zero-order valence-electron chi connectivity index (χ0n) is 18.0. The van der Waals surface area contributed by atoms with Gasteiger partial charge in [-0.1, -0.05) is 44.2 Å². The van der Waals surface area contributed by atoms with Crippen molar-refractivity contribution in [2.24, 2.45) is 10.9 Å². The molecule has 1 atom stereocenters. The first-order chi connectivity index (χ1) is 13.7. The standard InChI is InChI=1S/C23H39N5/c1-19(2)22(28-13-7-8-14-28)17-25-23(24-3)26-21-11-15-27(16-12-21)18-20-9-5-4-6-10-20/h4-6,9-10,19,21-22H,7-8,11-18H2,1-3H3,(H2,24,25,26). The van der Waals surface area contributed by atoms with Gasteiger partial charge in [0.15, 0.2) is 5.96 Å². The molecule has 1 aromatic rings. The van der Waals surface area contributed by atoms with Crippen LogP contribution in [0.25, 0.3) is 0 Å². The van der Waals surface area contributed by atoms with Gasteiger partial charge in [0.2, 0.25) is 0 Å². The summed E-state index contributed by atoms with van der Waals surface area (Å²) in [6, 6.07) is 11.9. The van der Waals surface area contributed by atoms with Gasteiger partial charge in [-0.15, -0.1) is 0 Å². The van der Waals surface area contributed by atoms with Gasteiger partial charge in [0, 0.05) is 45.3 Å². The highest BCUT2D eigenvalue weighted by Crippen LogP contribution is 2.17. The molecule has 2 fully saturated rings. The van der Waals surface area contributed by atoms with E-state index < -0.39 is 0 Å². The van der Waals surface area contributed by atoms with Crippen LogP contribution in [0.15, 0.2) is 35.3 Å². The molecule has 0 saturated carbocycles. The van der Waals surface area contributed by atoms with Crippen molar-refractivity contribution in [2.75, 3.05) is 39.8 Å². The van der Waals surface area contributed by atoms with Crippen molar-refractivity contribution in [3.8, 4) is 0 Å². The molecule has 2 N–H and O–H groups in total. The topological polar surface area (TPSA) is 42.9 Å².